The summed E-state index contributed by atoms with van der Waals surface area (Å²) in [7, 11) is 4.01. The minimum atomic E-state index is -0.218. The van der Waals surface area contributed by atoms with Gasteiger partial charge in [0, 0.05) is 18.0 Å². The van der Waals surface area contributed by atoms with E-state index in [0.717, 1.165) is 0 Å². The average molecular weight is 322 g/mol. The van der Waals surface area contributed by atoms with Crippen LogP contribution < -0.4 is 11.1 Å². The molecular formula is C14H22N6OS. The molecule has 120 valence electrons. The van der Waals surface area contributed by atoms with Crippen LogP contribution in [-0.2, 0) is 6.54 Å². The fourth-order valence-electron chi connectivity index (χ4n) is 2.16. The molecule has 1 atom stereocenters. The molecule has 0 aromatic carbocycles. The largest absolute Gasteiger partial charge is 0.349 e. The van der Waals surface area contributed by atoms with Crippen LogP contribution in [0.2, 0.25) is 0 Å². The second-order valence-corrected chi connectivity index (χ2v) is 6.26. The van der Waals surface area contributed by atoms with Crippen molar-refractivity contribution in [2.75, 3.05) is 27.2 Å². The maximum Gasteiger partial charge on any atom is 0.273 e. The number of aryl methyl sites for hydroxylation is 1. The Morgan fingerprint density at radius 3 is 2.91 bits per heavy atom. The van der Waals surface area contributed by atoms with Crippen LogP contribution in [0.25, 0.3) is 0 Å². The van der Waals surface area contributed by atoms with Crippen molar-refractivity contribution in [3.63, 3.8) is 0 Å². The lowest BCUT2D eigenvalue weighted by Gasteiger charge is -2.24. The Balaban J connectivity index is 2.00. The number of aromatic nitrogens is 3. The molecule has 0 unspecified atom stereocenters. The third kappa shape index (κ3) is 3.90. The van der Waals surface area contributed by atoms with Gasteiger partial charge >= 0.3 is 0 Å². The first-order valence-corrected chi connectivity index (χ1v) is 7.99. The summed E-state index contributed by atoms with van der Waals surface area (Å²) in [5, 5.41) is 12.7. The molecule has 2 heterocycles. The van der Waals surface area contributed by atoms with Gasteiger partial charge in [-0.15, -0.1) is 16.4 Å². The van der Waals surface area contributed by atoms with Crippen molar-refractivity contribution in [2.24, 2.45) is 5.73 Å². The van der Waals surface area contributed by atoms with Gasteiger partial charge in [0.15, 0.2) is 5.69 Å². The maximum absolute atomic E-state index is 12.2. The molecule has 0 saturated carbocycles. The van der Waals surface area contributed by atoms with Crippen LogP contribution in [0.4, 0.5) is 0 Å². The van der Waals surface area contributed by atoms with Crippen LogP contribution in [0.5, 0.6) is 0 Å². The molecule has 1 amide bonds. The summed E-state index contributed by atoms with van der Waals surface area (Å²) in [5.41, 5.74) is 7.01. The molecule has 0 radical (unpaired) electrons. The summed E-state index contributed by atoms with van der Waals surface area (Å²) in [6.07, 6.45) is 1.61. The van der Waals surface area contributed by atoms with Crippen molar-refractivity contribution in [3.8, 4) is 0 Å². The molecule has 3 N–H and O–H groups in total. The van der Waals surface area contributed by atoms with E-state index < -0.39 is 0 Å². The molecule has 0 aliphatic heterocycles. The van der Waals surface area contributed by atoms with E-state index in [1.807, 2.05) is 14.1 Å². The smallest absolute Gasteiger partial charge is 0.273 e. The van der Waals surface area contributed by atoms with Gasteiger partial charge in [0.05, 0.1) is 18.8 Å². The second-order valence-electron chi connectivity index (χ2n) is 5.31. The Morgan fingerprint density at radius 2 is 2.32 bits per heavy atom. The molecule has 8 heteroatoms. The number of rotatable bonds is 7. The van der Waals surface area contributed by atoms with Gasteiger partial charge < -0.3 is 16.0 Å². The van der Waals surface area contributed by atoms with E-state index in [-0.39, 0.29) is 11.9 Å². The summed E-state index contributed by atoms with van der Waals surface area (Å²) < 4.78 is 1.57. The Kier molecular flexibility index (Phi) is 5.64. The predicted molar refractivity (Wildman–Crippen MR) is 86.9 cm³/mol. The molecule has 7 nitrogen and oxygen atoms in total. The number of nitrogens with two attached hydrogens (primary N) is 1. The van der Waals surface area contributed by atoms with Crippen LogP contribution in [0.3, 0.4) is 0 Å². The van der Waals surface area contributed by atoms with Crippen LogP contribution >= 0.6 is 11.3 Å². The Labute approximate surface area is 134 Å². The van der Waals surface area contributed by atoms with Gasteiger partial charge in [-0.1, -0.05) is 5.21 Å². The lowest BCUT2D eigenvalue weighted by atomic mass is 10.1. The normalized spacial score (nSPS) is 12.6. The number of hydrogen-bond donors (Lipinski definition) is 2. The second kappa shape index (κ2) is 7.48. The number of carbonyl (C=O) groups is 1. The van der Waals surface area contributed by atoms with E-state index in [1.165, 1.54) is 10.4 Å². The monoisotopic (exact) mass is 322 g/mol. The summed E-state index contributed by atoms with van der Waals surface area (Å²) in [5.74, 6) is -0.218. The molecular weight excluding hydrogens is 300 g/mol. The van der Waals surface area contributed by atoms with Gasteiger partial charge in [-0.2, -0.15) is 0 Å². The first-order chi connectivity index (χ1) is 10.5. The quantitative estimate of drug-likeness (QED) is 0.781. The lowest BCUT2D eigenvalue weighted by Crippen LogP contribution is -2.34. The zero-order valence-corrected chi connectivity index (χ0v) is 13.9. The first-order valence-electron chi connectivity index (χ1n) is 7.11. The average Bonchev–Trinajstić information content (AvgIpc) is 3.09. The van der Waals surface area contributed by atoms with Crippen molar-refractivity contribution in [2.45, 2.75) is 19.5 Å². The molecule has 0 aliphatic rings. The molecule has 0 saturated heterocycles. The highest BCUT2D eigenvalue weighted by Gasteiger charge is 2.19. The van der Waals surface area contributed by atoms with Crippen molar-refractivity contribution in [3.05, 3.63) is 33.8 Å². The highest BCUT2D eigenvalue weighted by Crippen LogP contribution is 2.26. The Morgan fingerprint density at radius 1 is 1.55 bits per heavy atom. The van der Waals surface area contributed by atoms with E-state index in [9.17, 15) is 4.79 Å². The third-order valence-corrected chi connectivity index (χ3v) is 4.53. The fraction of sp³-hybridized carbons (Fsp3) is 0.500. The van der Waals surface area contributed by atoms with Crippen molar-refractivity contribution >= 4 is 17.2 Å². The van der Waals surface area contributed by atoms with Gasteiger partial charge in [0.25, 0.3) is 5.91 Å². The van der Waals surface area contributed by atoms with E-state index in [4.69, 9.17) is 5.73 Å². The lowest BCUT2D eigenvalue weighted by molar-refractivity contribution is 0.0937. The molecule has 0 aliphatic carbocycles. The molecule has 2 aromatic rings. The van der Waals surface area contributed by atoms with Gasteiger partial charge in [-0.05, 0) is 38.0 Å². The molecule has 2 aromatic heterocycles. The van der Waals surface area contributed by atoms with E-state index >= 15 is 0 Å². The van der Waals surface area contributed by atoms with Crippen LogP contribution in [0.15, 0.2) is 17.6 Å². The van der Waals surface area contributed by atoms with Crippen molar-refractivity contribution < 1.29 is 4.79 Å². The van der Waals surface area contributed by atoms with Crippen LogP contribution in [0.1, 0.15) is 27.0 Å². The minimum Gasteiger partial charge on any atom is -0.349 e. The highest BCUT2D eigenvalue weighted by atomic mass is 32.1. The number of amides is 1. The van der Waals surface area contributed by atoms with E-state index in [1.54, 1.807) is 22.2 Å². The standard InChI is InChI=1S/C14H22N6OS/c1-10-4-7-22-13(10)12(19(2)3)8-16-14(21)11-9-20(6-5-15)18-17-11/h4,7,9,12H,5-6,8,15H2,1-3H3,(H,16,21)/t12-/m1/s1. The zero-order chi connectivity index (χ0) is 16.1. The molecule has 0 bridgehead atoms. The van der Waals surface area contributed by atoms with Crippen molar-refractivity contribution in [1.82, 2.24) is 25.2 Å². The summed E-state index contributed by atoms with van der Waals surface area (Å²) >= 11 is 1.71. The summed E-state index contributed by atoms with van der Waals surface area (Å²) in [6, 6.07) is 2.24. The molecule has 0 fully saturated rings. The number of thiophene rings is 1. The molecule has 2 rings (SSSR count). The summed E-state index contributed by atoms with van der Waals surface area (Å²) in [6.45, 7) is 3.62. The van der Waals surface area contributed by atoms with Gasteiger partial charge in [0.2, 0.25) is 0 Å². The molecule has 22 heavy (non-hydrogen) atoms. The van der Waals surface area contributed by atoms with E-state index in [0.29, 0.717) is 25.3 Å². The number of nitrogens with one attached hydrogen (secondary N) is 1. The van der Waals surface area contributed by atoms with Crippen molar-refractivity contribution in [1.29, 1.82) is 0 Å². The van der Waals surface area contributed by atoms with Crippen LogP contribution in [0, 0.1) is 6.92 Å². The molecule has 0 spiro atoms. The minimum absolute atomic E-state index is 0.142. The number of nitrogens with zero attached hydrogens (tertiary/aromatic N) is 4. The third-order valence-electron chi connectivity index (χ3n) is 3.41. The summed E-state index contributed by atoms with van der Waals surface area (Å²) in [4.78, 5) is 15.5. The maximum atomic E-state index is 12.2. The predicted octanol–water partition coefficient (Wildman–Crippen LogP) is 0.639. The van der Waals surface area contributed by atoms with Gasteiger partial charge in [0.1, 0.15) is 0 Å². The Bertz CT molecular complexity index is 620. The fourth-order valence-corrected chi connectivity index (χ4v) is 3.28. The highest BCUT2D eigenvalue weighted by molar-refractivity contribution is 7.10. The van der Waals surface area contributed by atoms with Crippen LogP contribution in [-0.4, -0.2) is 53.0 Å². The number of likely N-dealkylation sites (N-methyl/N-ethyl adjacent to an activating group) is 1. The topological polar surface area (TPSA) is 89.1 Å². The van der Waals surface area contributed by atoms with Gasteiger partial charge in [-0.3, -0.25) is 9.48 Å². The first kappa shape index (κ1) is 16.6. The Hall–Kier alpha value is -1.77. The van der Waals surface area contributed by atoms with Gasteiger partial charge in [-0.25, -0.2) is 0 Å². The number of hydrogen-bond acceptors (Lipinski definition) is 6. The zero-order valence-electron chi connectivity index (χ0n) is 13.1. The van der Waals surface area contributed by atoms with E-state index in [2.05, 4.69) is 38.9 Å². The SMILES string of the molecule is Cc1ccsc1[C@@H](CNC(=O)c1cn(CCN)nn1)N(C)C. The number of carbonyl (C=O) groups excluding carboxylic acids is 1.